The Labute approximate surface area is 163 Å². The predicted molar refractivity (Wildman–Crippen MR) is 103 cm³/mol. The van der Waals surface area contributed by atoms with Crippen LogP contribution in [-0.2, 0) is 16.1 Å². The number of para-hydroxylation sites is 1. The molecule has 0 aliphatic carbocycles. The predicted octanol–water partition coefficient (Wildman–Crippen LogP) is 2.09. The molecule has 0 N–H and O–H groups in total. The van der Waals surface area contributed by atoms with Gasteiger partial charge in [0.2, 0.25) is 0 Å². The van der Waals surface area contributed by atoms with Crippen LogP contribution in [0.3, 0.4) is 0 Å². The first kappa shape index (κ1) is 17.0. The van der Waals surface area contributed by atoms with E-state index in [0.29, 0.717) is 5.65 Å². The van der Waals surface area contributed by atoms with Gasteiger partial charge in [-0.15, -0.1) is 26.2 Å². The molecule has 0 bridgehead atoms. The smallest absolute Gasteiger partial charge is 0.309 e. The van der Waals surface area contributed by atoms with Crippen molar-refractivity contribution >= 4 is 39.0 Å². The highest BCUT2D eigenvalue weighted by Gasteiger charge is 2.27. The lowest BCUT2D eigenvalue weighted by Gasteiger charge is -2.31. The normalized spacial score (nSPS) is 15.4. The Hall–Kier alpha value is -3.14. The number of tetrazole rings is 1. The van der Waals surface area contributed by atoms with Crippen molar-refractivity contribution in [3.05, 3.63) is 41.4 Å². The molecular weight excluding hydrogens is 378 g/mol. The fraction of sp³-hybridized carbons (Fsp3) is 0.333. The van der Waals surface area contributed by atoms with Crippen molar-refractivity contribution in [1.82, 2.24) is 30.2 Å². The molecule has 9 nitrogen and oxygen atoms in total. The van der Waals surface area contributed by atoms with Crippen LogP contribution in [0.4, 0.5) is 5.82 Å². The van der Waals surface area contributed by atoms with Crippen LogP contribution in [0.25, 0.3) is 15.9 Å². The van der Waals surface area contributed by atoms with Crippen molar-refractivity contribution in [2.45, 2.75) is 19.4 Å². The van der Waals surface area contributed by atoms with E-state index in [9.17, 15) is 4.79 Å². The van der Waals surface area contributed by atoms with Crippen LogP contribution in [-0.4, -0.2) is 49.3 Å². The highest BCUT2D eigenvalue weighted by Crippen LogP contribution is 2.25. The van der Waals surface area contributed by atoms with E-state index >= 15 is 0 Å². The SMILES string of the molecule is O=C(OCc1nc2ccccc2s1)C1CCN(c2ccc3nnnn3n2)CC1. The number of aromatic nitrogens is 6. The molecule has 4 heterocycles. The van der Waals surface area contributed by atoms with Crippen molar-refractivity contribution in [3.8, 4) is 0 Å². The van der Waals surface area contributed by atoms with E-state index in [1.807, 2.05) is 36.4 Å². The molecule has 0 saturated carbocycles. The number of rotatable bonds is 4. The Morgan fingerprint density at radius 3 is 2.89 bits per heavy atom. The number of ether oxygens (including phenoxy) is 1. The highest BCUT2D eigenvalue weighted by atomic mass is 32.1. The van der Waals surface area contributed by atoms with Gasteiger partial charge in [0.15, 0.2) is 11.5 Å². The Morgan fingerprint density at radius 2 is 2.04 bits per heavy atom. The molecule has 1 saturated heterocycles. The van der Waals surface area contributed by atoms with Gasteiger partial charge in [0.1, 0.15) is 11.6 Å². The minimum Gasteiger partial charge on any atom is -0.458 e. The molecule has 5 rings (SSSR count). The maximum atomic E-state index is 12.5. The van der Waals surface area contributed by atoms with E-state index in [1.54, 1.807) is 11.3 Å². The molecule has 1 fully saturated rings. The zero-order valence-electron chi connectivity index (χ0n) is 14.9. The first-order chi connectivity index (χ1) is 13.8. The summed E-state index contributed by atoms with van der Waals surface area (Å²) in [6, 6.07) is 11.7. The molecule has 0 spiro atoms. The first-order valence-electron chi connectivity index (χ1n) is 9.08. The largest absolute Gasteiger partial charge is 0.458 e. The maximum absolute atomic E-state index is 12.5. The molecular formula is C18H17N7O2S. The van der Waals surface area contributed by atoms with E-state index in [-0.39, 0.29) is 18.5 Å². The summed E-state index contributed by atoms with van der Waals surface area (Å²) in [6.07, 6.45) is 1.46. The summed E-state index contributed by atoms with van der Waals surface area (Å²) >= 11 is 1.56. The van der Waals surface area contributed by atoms with Gasteiger partial charge in [0, 0.05) is 13.1 Å². The standard InChI is InChI=1S/C18H17N7O2S/c26-18(27-11-17-19-13-3-1-2-4-14(13)28-17)12-7-9-24(10-8-12)16-6-5-15-20-22-23-25(15)21-16/h1-6,12H,7-11H2. The lowest BCUT2D eigenvalue weighted by molar-refractivity contribution is -0.150. The molecule has 1 aromatic carbocycles. The summed E-state index contributed by atoms with van der Waals surface area (Å²) in [5.41, 5.74) is 1.55. The van der Waals surface area contributed by atoms with E-state index < -0.39 is 0 Å². The quantitative estimate of drug-likeness (QED) is 0.485. The van der Waals surface area contributed by atoms with E-state index in [1.165, 1.54) is 4.63 Å². The number of fused-ring (bicyclic) bond motifs is 2. The molecule has 0 unspecified atom stereocenters. The second-order valence-corrected chi connectivity index (χ2v) is 7.78. The second kappa shape index (κ2) is 7.12. The molecule has 10 heteroatoms. The van der Waals surface area contributed by atoms with Gasteiger partial charge >= 0.3 is 5.97 Å². The van der Waals surface area contributed by atoms with Crippen molar-refractivity contribution < 1.29 is 9.53 Å². The van der Waals surface area contributed by atoms with Gasteiger partial charge in [-0.3, -0.25) is 4.79 Å². The zero-order valence-corrected chi connectivity index (χ0v) is 15.7. The van der Waals surface area contributed by atoms with Gasteiger partial charge < -0.3 is 9.64 Å². The van der Waals surface area contributed by atoms with Crippen LogP contribution in [0, 0.1) is 5.92 Å². The number of benzene rings is 1. The summed E-state index contributed by atoms with van der Waals surface area (Å²) in [4.78, 5) is 19.1. The van der Waals surface area contributed by atoms with Crippen molar-refractivity contribution in [2.75, 3.05) is 18.0 Å². The summed E-state index contributed by atoms with van der Waals surface area (Å²) < 4.78 is 8.05. The first-order valence-corrected chi connectivity index (χ1v) is 9.89. The van der Waals surface area contributed by atoms with Crippen molar-refractivity contribution in [3.63, 3.8) is 0 Å². The monoisotopic (exact) mass is 395 g/mol. The summed E-state index contributed by atoms with van der Waals surface area (Å²) in [6.45, 7) is 1.71. The molecule has 1 aliphatic rings. The molecule has 1 aliphatic heterocycles. The summed E-state index contributed by atoms with van der Waals surface area (Å²) in [5.74, 6) is 0.561. The molecule has 0 amide bonds. The maximum Gasteiger partial charge on any atom is 0.309 e. The van der Waals surface area contributed by atoms with Gasteiger partial charge in [-0.1, -0.05) is 12.1 Å². The molecule has 3 aromatic heterocycles. The third-order valence-corrected chi connectivity index (χ3v) is 5.89. The van der Waals surface area contributed by atoms with Gasteiger partial charge in [-0.05, 0) is 47.5 Å². The number of anilines is 1. The number of hydrogen-bond acceptors (Lipinski definition) is 9. The Morgan fingerprint density at radius 1 is 1.18 bits per heavy atom. The molecule has 142 valence electrons. The van der Waals surface area contributed by atoms with Crippen LogP contribution >= 0.6 is 11.3 Å². The van der Waals surface area contributed by atoms with Crippen LogP contribution in [0.5, 0.6) is 0 Å². The molecule has 0 atom stereocenters. The summed E-state index contributed by atoms with van der Waals surface area (Å²) in [5, 5.41) is 16.5. The fourth-order valence-electron chi connectivity index (χ4n) is 3.39. The van der Waals surface area contributed by atoms with Crippen LogP contribution < -0.4 is 4.90 Å². The minimum atomic E-state index is -0.150. The number of carbonyl (C=O) groups excluding carboxylic acids is 1. The number of hydrogen-bond donors (Lipinski definition) is 0. The van der Waals surface area contributed by atoms with E-state index in [4.69, 9.17) is 4.74 Å². The Balaban J connectivity index is 1.17. The lowest BCUT2D eigenvalue weighted by atomic mass is 9.97. The zero-order chi connectivity index (χ0) is 18.9. The number of carbonyl (C=O) groups is 1. The lowest BCUT2D eigenvalue weighted by Crippen LogP contribution is -2.37. The van der Waals surface area contributed by atoms with Gasteiger partial charge in [0.05, 0.1) is 16.1 Å². The average Bonchev–Trinajstić information content (AvgIpc) is 3.37. The molecule has 28 heavy (non-hydrogen) atoms. The highest BCUT2D eigenvalue weighted by molar-refractivity contribution is 7.18. The Kier molecular flexibility index (Phi) is 4.32. The van der Waals surface area contributed by atoms with Crippen molar-refractivity contribution in [2.24, 2.45) is 5.92 Å². The van der Waals surface area contributed by atoms with Crippen LogP contribution in [0.15, 0.2) is 36.4 Å². The number of nitrogens with zero attached hydrogens (tertiary/aromatic N) is 7. The second-order valence-electron chi connectivity index (χ2n) is 6.66. The third-order valence-electron chi connectivity index (χ3n) is 4.88. The number of esters is 1. The summed E-state index contributed by atoms with van der Waals surface area (Å²) in [7, 11) is 0. The Bertz CT molecular complexity index is 1100. The van der Waals surface area contributed by atoms with Crippen LogP contribution in [0.1, 0.15) is 17.8 Å². The number of piperidine rings is 1. The van der Waals surface area contributed by atoms with Crippen molar-refractivity contribution in [1.29, 1.82) is 0 Å². The van der Waals surface area contributed by atoms with E-state index in [2.05, 4.69) is 30.5 Å². The van der Waals surface area contributed by atoms with Gasteiger partial charge in [0.25, 0.3) is 0 Å². The minimum absolute atomic E-state index is 0.0950. The fourth-order valence-corrected chi connectivity index (χ4v) is 4.27. The van der Waals surface area contributed by atoms with Crippen LogP contribution in [0.2, 0.25) is 0 Å². The van der Waals surface area contributed by atoms with Gasteiger partial charge in [-0.2, -0.15) is 0 Å². The third kappa shape index (κ3) is 3.26. The average molecular weight is 395 g/mol. The topological polar surface area (TPSA) is 98.4 Å². The number of thiazole rings is 1. The van der Waals surface area contributed by atoms with Gasteiger partial charge in [-0.25, -0.2) is 4.98 Å². The molecule has 4 aromatic rings. The van der Waals surface area contributed by atoms with E-state index in [0.717, 1.165) is 47.0 Å². The molecule has 0 radical (unpaired) electrons.